The first kappa shape index (κ1) is 25.4. The largest absolute Gasteiger partial charge is 0.465 e. The van der Waals surface area contributed by atoms with Crippen molar-refractivity contribution in [3.8, 4) is 0 Å². The highest BCUT2D eigenvalue weighted by Gasteiger charge is 2.25. The zero-order chi connectivity index (χ0) is 24.1. The Kier molecular flexibility index (Phi) is 10.4. The van der Waals surface area contributed by atoms with Crippen LogP contribution in [-0.2, 0) is 36.9 Å². The van der Waals surface area contributed by atoms with Crippen LogP contribution in [0.25, 0.3) is 0 Å². The van der Waals surface area contributed by atoms with Gasteiger partial charge in [-0.15, -0.1) is 0 Å². The van der Waals surface area contributed by atoms with Crippen molar-refractivity contribution in [1.82, 2.24) is 16.0 Å². The van der Waals surface area contributed by atoms with Crippen LogP contribution in [0.5, 0.6) is 0 Å². The average molecular weight is 456 g/mol. The summed E-state index contributed by atoms with van der Waals surface area (Å²) in [5, 5.41) is 7.54. The summed E-state index contributed by atoms with van der Waals surface area (Å²) in [4.78, 5) is 48.9. The maximum Gasteiger partial charge on any atom is 0.408 e. The first-order valence-corrected chi connectivity index (χ1v) is 10.6. The van der Waals surface area contributed by atoms with Gasteiger partial charge < -0.3 is 25.4 Å². The molecule has 0 aliphatic carbocycles. The second kappa shape index (κ2) is 13.5. The Balaban J connectivity index is 1.93. The van der Waals surface area contributed by atoms with Crippen LogP contribution in [0.15, 0.2) is 60.7 Å². The monoisotopic (exact) mass is 455 g/mol. The molecule has 0 fully saturated rings. The molecule has 176 valence electrons. The predicted molar refractivity (Wildman–Crippen MR) is 121 cm³/mol. The molecule has 3 N–H and O–H groups in total. The summed E-state index contributed by atoms with van der Waals surface area (Å²) in [7, 11) is 0. The quantitative estimate of drug-likeness (QED) is 0.444. The zero-order valence-electron chi connectivity index (χ0n) is 18.7. The van der Waals surface area contributed by atoms with E-state index < -0.39 is 36.0 Å². The summed E-state index contributed by atoms with van der Waals surface area (Å²) < 4.78 is 9.93. The molecule has 9 nitrogen and oxygen atoms in total. The van der Waals surface area contributed by atoms with Gasteiger partial charge in [-0.2, -0.15) is 0 Å². The van der Waals surface area contributed by atoms with Crippen LogP contribution in [0.3, 0.4) is 0 Å². The van der Waals surface area contributed by atoms with Gasteiger partial charge >= 0.3 is 12.1 Å². The van der Waals surface area contributed by atoms with Crippen LogP contribution in [0.1, 0.15) is 25.0 Å². The summed E-state index contributed by atoms with van der Waals surface area (Å²) >= 11 is 0. The van der Waals surface area contributed by atoms with Crippen molar-refractivity contribution in [3.63, 3.8) is 0 Å². The maximum absolute atomic E-state index is 12.7. The highest BCUT2D eigenvalue weighted by atomic mass is 16.5. The molecule has 3 amide bonds. The molecule has 0 radical (unpaired) electrons. The Bertz CT molecular complexity index is 920. The Morgan fingerprint density at radius 1 is 0.818 bits per heavy atom. The summed E-state index contributed by atoms with van der Waals surface area (Å²) in [6.07, 6.45) is -0.556. The molecule has 0 aromatic heterocycles. The summed E-state index contributed by atoms with van der Waals surface area (Å²) in [5.74, 6) is -1.69. The number of alkyl carbamates (subject to hydrolysis) is 1. The number of esters is 1. The van der Waals surface area contributed by atoms with Gasteiger partial charge in [0.2, 0.25) is 11.8 Å². The number of carbonyl (C=O) groups excluding carboxylic acids is 4. The molecule has 2 unspecified atom stereocenters. The van der Waals surface area contributed by atoms with E-state index in [0.717, 1.165) is 11.1 Å². The molecule has 2 aromatic rings. The van der Waals surface area contributed by atoms with E-state index in [9.17, 15) is 19.2 Å². The lowest BCUT2D eigenvalue weighted by Gasteiger charge is -2.21. The third-order valence-corrected chi connectivity index (χ3v) is 4.57. The normalized spacial score (nSPS) is 12.1. The zero-order valence-corrected chi connectivity index (χ0v) is 18.7. The Morgan fingerprint density at radius 2 is 1.42 bits per heavy atom. The molecule has 2 atom stereocenters. The Hall–Kier alpha value is -3.88. The van der Waals surface area contributed by atoms with E-state index >= 15 is 0 Å². The van der Waals surface area contributed by atoms with Crippen molar-refractivity contribution in [3.05, 3.63) is 71.8 Å². The first-order chi connectivity index (χ1) is 15.9. The molecular weight excluding hydrogens is 426 g/mol. The lowest BCUT2D eigenvalue weighted by atomic mass is 10.0. The molecule has 0 saturated carbocycles. The molecule has 0 saturated heterocycles. The summed E-state index contributed by atoms with van der Waals surface area (Å²) in [6.45, 7) is 3.09. The fourth-order valence-electron chi connectivity index (χ4n) is 2.86. The molecule has 0 heterocycles. The van der Waals surface area contributed by atoms with Crippen LogP contribution < -0.4 is 16.0 Å². The third kappa shape index (κ3) is 9.42. The number of carbonyl (C=O) groups is 4. The van der Waals surface area contributed by atoms with E-state index in [1.165, 1.54) is 6.92 Å². The topological polar surface area (TPSA) is 123 Å². The number of nitrogens with one attached hydrogen (secondary N) is 3. The molecule has 0 aliphatic heterocycles. The second-order valence-corrected chi connectivity index (χ2v) is 7.20. The van der Waals surface area contributed by atoms with Crippen molar-refractivity contribution in [1.29, 1.82) is 0 Å². The minimum Gasteiger partial charge on any atom is -0.465 e. The second-order valence-electron chi connectivity index (χ2n) is 7.20. The fraction of sp³-hybridized carbons (Fsp3) is 0.333. The van der Waals surface area contributed by atoms with Crippen molar-refractivity contribution >= 4 is 23.9 Å². The highest BCUT2D eigenvalue weighted by Crippen LogP contribution is 2.05. The van der Waals surface area contributed by atoms with Gasteiger partial charge in [-0.05, 0) is 25.0 Å². The van der Waals surface area contributed by atoms with Gasteiger partial charge in [-0.1, -0.05) is 60.7 Å². The van der Waals surface area contributed by atoms with E-state index in [0.29, 0.717) is 0 Å². The van der Waals surface area contributed by atoms with E-state index in [2.05, 4.69) is 16.0 Å². The van der Waals surface area contributed by atoms with Crippen molar-refractivity contribution < 1.29 is 28.7 Å². The lowest BCUT2D eigenvalue weighted by molar-refractivity contribution is -0.143. The molecule has 2 rings (SSSR count). The number of hydrogen-bond acceptors (Lipinski definition) is 6. The van der Waals surface area contributed by atoms with Gasteiger partial charge in [0.15, 0.2) is 0 Å². The van der Waals surface area contributed by atoms with E-state index in [1.807, 2.05) is 60.7 Å². The molecular formula is C24H29N3O6. The minimum atomic E-state index is -0.959. The van der Waals surface area contributed by atoms with Crippen LogP contribution in [0.4, 0.5) is 4.79 Å². The molecule has 2 aromatic carbocycles. The van der Waals surface area contributed by atoms with Gasteiger partial charge in [0.25, 0.3) is 0 Å². The van der Waals surface area contributed by atoms with Gasteiger partial charge in [0.1, 0.15) is 25.2 Å². The Labute approximate surface area is 192 Å². The van der Waals surface area contributed by atoms with Crippen LogP contribution >= 0.6 is 0 Å². The summed E-state index contributed by atoms with van der Waals surface area (Å²) in [5.41, 5.74) is 1.63. The molecule has 33 heavy (non-hydrogen) atoms. The standard InChI is InChI=1S/C24H29N3O6/c1-3-32-21(28)15-25-23(30)20(14-18-10-6-4-7-11-18)27-22(29)17(2)26-24(31)33-16-19-12-8-5-9-13-19/h4-13,17,20H,3,14-16H2,1-2H3,(H,25,30)(H,26,31)(H,27,29). The van der Waals surface area contributed by atoms with Crippen molar-refractivity contribution in [2.75, 3.05) is 13.2 Å². The van der Waals surface area contributed by atoms with Crippen LogP contribution in [0, 0.1) is 0 Å². The van der Waals surface area contributed by atoms with Crippen molar-refractivity contribution in [2.45, 2.75) is 39.0 Å². The van der Waals surface area contributed by atoms with Gasteiger partial charge in [0, 0.05) is 6.42 Å². The van der Waals surface area contributed by atoms with E-state index in [4.69, 9.17) is 9.47 Å². The number of benzene rings is 2. The highest BCUT2D eigenvalue weighted by molar-refractivity contribution is 5.92. The fourth-order valence-corrected chi connectivity index (χ4v) is 2.86. The molecule has 0 bridgehead atoms. The van der Waals surface area contributed by atoms with E-state index in [1.54, 1.807) is 6.92 Å². The molecule has 9 heteroatoms. The number of ether oxygens (including phenoxy) is 2. The summed E-state index contributed by atoms with van der Waals surface area (Å²) in [6, 6.07) is 16.3. The van der Waals surface area contributed by atoms with Crippen LogP contribution in [0.2, 0.25) is 0 Å². The number of hydrogen-bond donors (Lipinski definition) is 3. The lowest BCUT2D eigenvalue weighted by Crippen LogP contribution is -2.54. The SMILES string of the molecule is CCOC(=O)CNC(=O)C(Cc1ccccc1)NC(=O)C(C)NC(=O)OCc1ccccc1. The minimum absolute atomic E-state index is 0.0634. The van der Waals surface area contributed by atoms with Crippen LogP contribution in [-0.4, -0.2) is 49.1 Å². The average Bonchev–Trinajstić information content (AvgIpc) is 2.82. The third-order valence-electron chi connectivity index (χ3n) is 4.57. The smallest absolute Gasteiger partial charge is 0.408 e. The maximum atomic E-state index is 12.7. The molecule has 0 spiro atoms. The van der Waals surface area contributed by atoms with Gasteiger partial charge in [0.05, 0.1) is 6.61 Å². The van der Waals surface area contributed by atoms with Crippen molar-refractivity contribution in [2.24, 2.45) is 0 Å². The molecule has 0 aliphatic rings. The van der Waals surface area contributed by atoms with E-state index in [-0.39, 0.29) is 26.2 Å². The predicted octanol–water partition coefficient (Wildman–Crippen LogP) is 1.71. The van der Waals surface area contributed by atoms with Gasteiger partial charge in [-0.25, -0.2) is 4.79 Å². The van der Waals surface area contributed by atoms with Gasteiger partial charge in [-0.3, -0.25) is 14.4 Å². The number of rotatable bonds is 11. The first-order valence-electron chi connectivity index (χ1n) is 10.6. The Morgan fingerprint density at radius 3 is 2.03 bits per heavy atom. The number of amides is 3.